The molecule has 1 fully saturated rings. The Morgan fingerprint density at radius 1 is 1.47 bits per heavy atom. The van der Waals surface area contributed by atoms with Crippen molar-refractivity contribution in [2.24, 2.45) is 0 Å². The molecular formula is C12H15N5O2. The Hall–Kier alpha value is -2.15. The van der Waals surface area contributed by atoms with E-state index in [1.807, 2.05) is 0 Å². The molecule has 0 bridgehead atoms. The lowest BCUT2D eigenvalue weighted by atomic mass is 10.3. The molecule has 0 saturated carbocycles. The van der Waals surface area contributed by atoms with Gasteiger partial charge in [-0.3, -0.25) is 9.89 Å². The van der Waals surface area contributed by atoms with Gasteiger partial charge in [0.05, 0.1) is 24.1 Å². The summed E-state index contributed by atoms with van der Waals surface area (Å²) in [7, 11) is 0. The van der Waals surface area contributed by atoms with Crippen LogP contribution in [0.3, 0.4) is 0 Å². The first-order valence-corrected chi connectivity index (χ1v) is 6.18. The van der Waals surface area contributed by atoms with Crippen LogP contribution in [0, 0.1) is 0 Å². The van der Waals surface area contributed by atoms with Crippen LogP contribution in [0.5, 0.6) is 0 Å². The van der Waals surface area contributed by atoms with Crippen LogP contribution in [0.1, 0.15) is 6.92 Å². The van der Waals surface area contributed by atoms with Gasteiger partial charge in [0.2, 0.25) is 5.91 Å². The van der Waals surface area contributed by atoms with Gasteiger partial charge < -0.3 is 15.0 Å². The number of H-pyrrole nitrogens is 1. The number of rotatable bonds is 2. The Morgan fingerprint density at radius 3 is 3.00 bits per heavy atom. The molecule has 2 aromatic rings. The molecule has 0 aliphatic carbocycles. The summed E-state index contributed by atoms with van der Waals surface area (Å²) in [5, 5.41) is 10.9. The summed E-state index contributed by atoms with van der Waals surface area (Å²) in [6.45, 7) is 4.54. The van der Waals surface area contributed by atoms with Crippen LogP contribution in [-0.2, 0) is 9.53 Å². The number of ether oxygens (including phenoxy) is 1. The Balaban J connectivity index is 1.92. The van der Waals surface area contributed by atoms with E-state index >= 15 is 0 Å². The Kier molecular flexibility index (Phi) is 3.04. The van der Waals surface area contributed by atoms with E-state index in [0.717, 1.165) is 29.8 Å². The fraction of sp³-hybridized carbons (Fsp3) is 0.417. The monoisotopic (exact) mass is 261 g/mol. The van der Waals surface area contributed by atoms with Gasteiger partial charge in [0.25, 0.3) is 0 Å². The lowest BCUT2D eigenvalue weighted by Gasteiger charge is -2.26. The van der Waals surface area contributed by atoms with E-state index in [1.165, 1.54) is 6.92 Å². The SMILES string of the molecule is CC(=O)Nc1cc2[nH]nc(N3CCOCC3)c2cn1. The molecule has 3 rings (SSSR count). The second-order valence-electron chi connectivity index (χ2n) is 4.44. The van der Waals surface area contributed by atoms with Crippen molar-refractivity contribution in [2.75, 3.05) is 36.5 Å². The highest BCUT2D eigenvalue weighted by Gasteiger charge is 2.17. The van der Waals surface area contributed by atoms with Crippen molar-refractivity contribution in [2.45, 2.75) is 6.92 Å². The molecule has 0 aromatic carbocycles. The van der Waals surface area contributed by atoms with Crippen molar-refractivity contribution in [1.82, 2.24) is 15.2 Å². The summed E-state index contributed by atoms with van der Waals surface area (Å²) in [5.74, 6) is 1.28. The summed E-state index contributed by atoms with van der Waals surface area (Å²) < 4.78 is 5.33. The van der Waals surface area contributed by atoms with E-state index in [2.05, 4.69) is 25.4 Å². The minimum absolute atomic E-state index is 0.139. The van der Waals surface area contributed by atoms with Crippen LogP contribution >= 0.6 is 0 Å². The fourth-order valence-electron chi connectivity index (χ4n) is 2.16. The minimum Gasteiger partial charge on any atom is -0.378 e. The molecule has 2 N–H and O–H groups in total. The first kappa shape index (κ1) is 11.9. The van der Waals surface area contributed by atoms with E-state index in [0.29, 0.717) is 19.0 Å². The van der Waals surface area contributed by atoms with E-state index in [9.17, 15) is 4.79 Å². The first-order valence-electron chi connectivity index (χ1n) is 6.18. The van der Waals surface area contributed by atoms with Crippen LogP contribution in [0.4, 0.5) is 11.6 Å². The number of nitrogens with zero attached hydrogens (tertiary/aromatic N) is 3. The molecule has 0 atom stereocenters. The fourth-order valence-corrected chi connectivity index (χ4v) is 2.16. The highest BCUT2D eigenvalue weighted by atomic mass is 16.5. The topological polar surface area (TPSA) is 83.1 Å². The summed E-state index contributed by atoms with van der Waals surface area (Å²) in [4.78, 5) is 17.4. The number of pyridine rings is 1. The van der Waals surface area contributed by atoms with Crippen LogP contribution in [0.15, 0.2) is 12.3 Å². The molecular weight excluding hydrogens is 246 g/mol. The van der Waals surface area contributed by atoms with Crippen molar-refractivity contribution in [1.29, 1.82) is 0 Å². The zero-order valence-electron chi connectivity index (χ0n) is 10.6. The normalized spacial score (nSPS) is 15.7. The number of fused-ring (bicyclic) bond motifs is 1. The smallest absolute Gasteiger partial charge is 0.222 e. The molecule has 0 spiro atoms. The average molecular weight is 261 g/mol. The molecule has 1 saturated heterocycles. The van der Waals surface area contributed by atoms with E-state index < -0.39 is 0 Å². The highest BCUT2D eigenvalue weighted by Crippen LogP contribution is 2.25. The quantitative estimate of drug-likeness (QED) is 0.833. The molecule has 0 unspecified atom stereocenters. The van der Waals surface area contributed by atoms with E-state index in [-0.39, 0.29) is 5.91 Å². The number of amides is 1. The van der Waals surface area contributed by atoms with E-state index in [1.54, 1.807) is 12.3 Å². The van der Waals surface area contributed by atoms with Crippen molar-refractivity contribution >= 4 is 28.4 Å². The molecule has 1 aliphatic rings. The highest BCUT2D eigenvalue weighted by molar-refractivity contribution is 5.94. The third-order valence-corrected chi connectivity index (χ3v) is 3.04. The van der Waals surface area contributed by atoms with Crippen LogP contribution in [0.2, 0.25) is 0 Å². The molecule has 100 valence electrons. The number of hydrogen-bond donors (Lipinski definition) is 2. The molecule has 7 nitrogen and oxygen atoms in total. The third-order valence-electron chi connectivity index (χ3n) is 3.04. The van der Waals surface area contributed by atoms with Crippen molar-refractivity contribution in [3.63, 3.8) is 0 Å². The van der Waals surface area contributed by atoms with Crippen molar-refractivity contribution in [3.8, 4) is 0 Å². The maximum atomic E-state index is 11.0. The van der Waals surface area contributed by atoms with Gasteiger partial charge in [-0.25, -0.2) is 4.98 Å². The van der Waals surface area contributed by atoms with Gasteiger partial charge in [0.1, 0.15) is 5.82 Å². The Labute approximate surface area is 109 Å². The number of hydrogen-bond acceptors (Lipinski definition) is 5. The van der Waals surface area contributed by atoms with Gasteiger partial charge in [0.15, 0.2) is 5.82 Å². The second-order valence-corrected chi connectivity index (χ2v) is 4.44. The minimum atomic E-state index is -0.139. The predicted molar refractivity (Wildman–Crippen MR) is 71.2 cm³/mol. The summed E-state index contributed by atoms with van der Waals surface area (Å²) in [5.41, 5.74) is 0.861. The Morgan fingerprint density at radius 2 is 2.26 bits per heavy atom. The third kappa shape index (κ3) is 2.37. The van der Waals surface area contributed by atoms with Gasteiger partial charge in [-0.15, -0.1) is 0 Å². The van der Waals surface area contributed by atoms with Gasteiger partial charge in [0, 0.05) is 32.3 Å². The van der Waals surface area contributed by atoms with Gasteiger partial charge in [-0.05, 0) is 0 Å². The number of aromatic amines is 1. The summed E-state index contributed by atoms with van der Waals surface area (Å²) in [6, 6.07) is 1.79. The largest absolute Gasteiger partial charge is 0.378 e. The Bertz CT molecular complexity index is 603. The number of carbonyl (C=O) groups excluding carboxylic acids is 1. The number of aromatic nitrogens is 3. The summed E-state index contributed by atoms with van der Waals surface area (Å²) >= 11 is 0. The number of anilines is 2. The lowest BCUT2D eigenvalue weighted by molar-refractivity contribution is -0.114. The number of morpholine rings is 1. The predicted octanol–water partition coefficient (Wildman–Crippen LogP) is 0.753. The van der Waals surface area contributed by atoms with Crippen LogP contribution in [-0.4, -0.2) is 47.4 Å². The summed E-state index contributed by atoms with van der Waals surface area (Å²) in [6.07, 6.45) is 1.73. The number of carbonyl (C=O) groups is 1. The van der Waals surface area contributed by atoms with Gasteiger partial charge in [-0.2, -0.15) is 5.10 Å². The molecule has 19 heavy (non-hydrogen) atoms. The molecule has 1 amide bonds. The second kappa shape index (κ2) is 4.85. The maximum Gasteiger partial charge on any atom is 0.222 e. The van der Waals surface area contributed by atoms with Crippen LogP contribution in [0.25, 0.3) is 10.9 Å². The standard InChI is InChI=1S/C12H15N5O2/c1-8(18)14-11-6-10-9(7-13-11)12(16-15-10)17-2-4-19-5-3-17/h6-7H,2-5H2,1H3,(H,15,16)(H,13,14,18). The molecule has 3 heterocycles. The molecule has 0 radical (unpaired) electrons. The number of nitrogens with one attached hydrogen (secondary N) is 2. The zero-order valence-corrected chi connectivity index (χ0v) is 10.6. The van der Waals surface area contributed by atoms with E-state index in [4.69, 9.17) is 4.74 Å². The lowest BCUT2D eigenvalue weighted by Crippen LogP contribution is -2.36. The van der Waals surface area contributed by atoms with Crippen molar-refractivity contribution in [3.05, 3.63) is 12.3 Å². The van der Waals surface area contributed by atoms with Crippen molar-refractivity contribution < 1.29 is 9.53 Å². The van der Waals surface area contributed by atoms with Gasteiger partial charge >= 0.3 is 0 Å². The molecule has 1 aliphatic heterocycles. The first-order chi connectivity index (χ1) is 9.24. The molecule has 2 aromatic heterocycles. The van der Waals surface area contributed by atoms with Crippen LogP contribution < -0.4 is 10.2 Å². The van der Waals surface area contributed by atoms with Gasteiger partial charge in [-0.1, -0.05) is 0 Å². The maximum absolute atomic E-state index is 11.0. The average Bonchev–Trinajstić information content (AvgIpc) is 2.82. The molecule has 7 heteroatoms. The zero-order chi connectivity index (χ0) is 13.2.